The van der Waals surface area contributed by atoms with Crippen molar-refractivity contribution < 1.29 is 0 Å². The van der Waals surface area contributed by atoms with Crippen LogP contribution in [0.25, 0.3) is 10.2 Å². The summed E-state index contributed by atoms with van der Waals surface area (Å²) in [7, 11) is 0. The predicted molar refractivity (Wildman–Crippen MR) is 79.1 cm³/mol. The molecule has 2 rings (SSSR count). The second-order valence-electron chi connectivity index (χ2n) is 4.59. The number of hydrogen-bond donors (Lipinski definition) is 0. The van der Waals surface area contributed by atoms with Crippen LogP contribution in [0.5, 0.6) is 0 Å². The molecule has 1 aromatic heterocycles. The fraction of sp³-hybridized carbons (Fsp3) is 0.533. The molecule has 0 N–H and O–H groups in total. The van der Waals surface area contributed by atoms with Crippen molar-refractivity contribution in [3.05, 3.63) is 28.8 Å². The molecule has 1 heterocycles. The number of thiazole rings is 1. The molecule has 1 nitrogen and oxygen atoms in total. The molecule has 0 atom stereocenters. The Kier molecular flexibility index (Phi) is 5.63. The summed E-state index contributed by atoms with van der Waals surface area (Å²) in [6.07, 6.45) is 2.36. The lowest BCUT2D eigenvalue weighted by Crippen LogP contribution is -1.94. The number of fused-ring (bicyclic) bond motifs is 1. The molecule has 0 aliphatic heterocycles. The summed E-state index contributed by atoms with van der Waals surface area (Å²) < 4.78 is 1.31. The van der Waals surface area contributed by atoms with Crippen molar-refractivity contribution in [3.8, 4) is 0 Å². The molecule has 1 aromatic carbocycles. The third-order valence-corrected chi connectivity index (χ3v) is 3.39. The maximum Gasteiger partial charge on any atom is 0.0815 e. The molecule has 0 amide bonds. The fourth-order valence-electron chi connectivity index (χ4n) is 1.81. The van der Waals surface area contributed by atoms with Crippen LogP contribution in [-0.4, -0.2) is 4.98 Å². The van der Waals surface area contributed by atoms with Gasteiger partial charge in [-0.3, -0.25) is 0 Å². The zero-order chi connectivity index (χ0) is 12.8. The van der Waals surface area contributed by atoms with Crippen LogP contribution in [0.4, 0.5) is 0 Å². The van der Waals surface area contributed by atoms with E-state index in [0.717, 1.165) is 11.9 Å². The molecule has 0 aliphatic carbocycles. The Bertz CT molecular complexity index is 457. The minimum atomic E-state index is 0.594. The van der Waals surface area contributed by atoms with E-state index in [4.69, 9.17) is 0 Å². The monoisotopic (exact) mass is 249 g/mol. The van der Waals surface area contributed by atoms with Crippen LogP contribution in [-0.2, 0) is 6.42 Å². The summed E-state index contributed by atoms with van der Waals surface area (Å²) in [6.45, 7) is 11.0. The summed E-state index contributed by atoms with van der Waals surface area (Å²) in [5.74, 6) is 0.594. The van der Waals surface area contributed by atoms with E-state index in [1.807, 2.05) is 5.51 Å². The van der Waals surface area contributed by atoms with E-state index < -0.39 is 0 Å². The summed E-state index contributed by atoms with van der Waals surface area (Å²) in [4.78, 5) is 4.36. The molecular formula is C15H23NS. The quantitative estimate of drug-likeness (QED) is 0.694. The maximum absolute atomic E-state index is 4.36. The lowest BCUT2D eigenvalue weighted by molar-refractivity contribution is 0.846. The van der Waals surface area contributed by atoms with Crippen molar-refractivity contribution in [2.75, 3.05) is 0 Å². The number of rotatable bonds is 2. The van der Waals surface area contributed by atoms with Crippen LogP contribution in [0.1, 0.15) is 58.1 Å². The summed E-state index contributed by atoms with van der Waals surface area (Å²) in [6, 6.07) is 4.54. The highest BCUT2D eigenvalue weighted by molar-refractivity contribution is 7.16. The van der Waals surface area contributed by atoms with Gasteiger partial charge in [0.05, 0.1) is 15.7 Å². The zero-order valence-electron chi connectivity index (χ0n) is 11.6. The molecule has 17 heavy (non-hydrogen) atoms. The van der Waals surface area contributed by atoms with Gasteiger partial charge < -0.3 is 0 Å². The minimum absolute atomic E-state index is 0.594. The van der Waals surface area contributed by atoms with Crippen LogP contribution < -0.4 is 0 Å². The highest BCUT2D eigenvalue weighted by Crippen LogP contribution is 2.27. The summed E-state index contributed by atoms with van der Waals surface area (Å²) in [5.41, 5.74) is 5.99. The third kappa shape index (κ3) is 3.53. The van der Waals surface area contributed by atoms with Gasteiger partial charge in [0.15, 0.2) is 0 Å². The van der Waals surface area contributed by atoms with Crippen molar-refractivity contribution in [1.29, 1.82) is 0 Å². The van der Waals surface area contributed by atoms with Crippen molar-refractivity contribution in [2.24, 2.45) is 0 Å². The standard InChI is InChI=1S/C12H15NS.C3H8/c1-4-9-5-12-11(13-7-14-12)6-10(9)8(2)3;1-3-2/h5-8H,4H2,1-3H3;3H2,1-2H3. The summed E-state index contributed by atoms with van der Waals surface area (Å²) in [5, 5.41) is 0. The van der Waals surface area contributed by atoms with Gasteiger partial charge in [0.2, 0.25) is 0 Å². The average Bonchev–Trinajstić information content (AvgIpc) is 2.75. The summed E-state index contributed by atoms with van der Waals surface area (Å²) >= 11 is 1.73. The van der Waals surface area contributed by atoms with Gasteiger partial charge in [-0.1, -0.05) is 41.0 Å². The van der Waals surface area contributed by atoms with Gasteiger partial charge in [-0.15, -0.1) is 11.3 Å². The molecule has 0 saturated carbocycles. The van der Waals surface area contributed by atoms with E-state index in [1.54, 1.807) is 11.3 Å². The van der Waals surface area contributed by atoms with Gasteiger partial charge in [0.25, 0.3) is 0 Å². The Hall–Kier alpha value is -0.890. The van der Waals surface area contributed by atoms with E-state index in [0.29, 0.717) is 5.92 Å². The van der Waals surface area contributed by atoms with Gasteiger partial charge in [-0.25, -0.2) is 4.98 Å². The van der Waals surface area contributed by atoms with Gasteiger partial charge in [0.1, 0.15) is 0 Å². The molecule has 0 radical (unpaired) electrons. The Morgan fingerprint density at radius 2 is 1.82 bits per heavy atom. The van der Waals surface area contributed by atoms with Gasteiger partial charge in [-0.05, 0) is 35.6 Å². The first-order chi connectivity index (χ1) is 8.13. The van der Waals surface area contributed by atoms with E-state index in [1.165, 1.54) is 22.2 Å². The average molecular weight is 249 g/mol. The van der Waals surface area contributed by atoms with Gasteiger partial charge >= 0.3 is 0 Å². The first-order valence-electron chi connectivity index (χ1n) is 6.49. The Morgan fingerprint density at radius 3 is 2.35 bits per heavy atom. The minimum Gasteiger partial charge on any atom is -0.245 e. The molecule has 0 aliphatic rings. The number of aromatic nitrogens is 1. The topological polar surface area (TPSA) is 12.9 Å². The lowest BCUT2D eigenvalue weighted by atomic mass is 9.95. The Labute approximate surface area is 109 Å². The predicted octanol–water partition coefficient (Wildman–Crippen LogP) is 5.40. The van der Waals surface area contributed by atoms with Crippen LogP contribution in [0, 0.1) is 0 Å². The van der Waals surface area contributed by atoms with Crippen molar-refractivity contribution in [2.45, 2.75) is 53.4 Å². The maximum atomic E-state index is 4.36. The van der Waals surface area contributed by atoms with E-state index >= 15 is 0 Å². The number of aryl methyl sites for hydroxylation is 1. The largest absolute Gasteiger partial charge is 0.245 e. The Balaban J connectivity index is 0.000000437. The molecule has 0 unspecified atom stereocenters. The number of nitrogens with zero attached hydrogens (tertiary/aromatic N) is 1. The Morgan fingerprint density at radius 1 is 1.18 bits per heavy atom. The van der Waals surface area contributed by atoms with E-state index in [9.17, 15) is 0 Å². The number of hydrogen-bond acceptors (Lipinski definition) is 2. The number of benzene rings is 1. The van der Waals surface area contributed by atoms with E-state index in [2.05, 4.69) is 51.7 Å². The fourth-order valence-corrected chi connectivity index (χ4v) is 2.53. The van der Waals surface area contributed by atoms with Crippen LogP contribution >= 0.6 is 11.3 Å². The smallest absolute Gasteiger partial charge is 0.0815 e. The lowest BCUT2D eigenvalue weighted by Gasteiger charge is -2.11. The van der Waals surface area contributed by atoms with Crippen molar-refractivity contribution in [3.63, 3.8) is 0 Å². The molecular weight excluding hydrogens is 226 g/mol. The van der Waals surface area contributed by atoms with Crippen LogP contribution in [0.15, 0.2) is 17.6 Å². The van der Waals surface area contributed by atoms with Gasteiger partial charge in [0, 0.05) is 0 Å². The highest BCUT2D eigenvalue weighted by atomic mass is 32.1. The third-order valence-electron chi connectivity index (χ3n) is 2.60. The highest BCUT2D eigenvalue weighted by Gasteiger charge is 2.08. The molecule has 2 heteroatoms. The second kappa shape index (κ2) is 6.75. The van der Waals surface area contributed by atoms with Crippen LogP contribution in [0.3, 0.4) is 0 Å². The molecule has 0 spiro atoms. The SMILES string of the molecule is CCC.CCc1cc2scnc2cc1C(C)C. The molecule has 94 valence electrons. The van der Waals surface area contributed by atoms with Crippen molar-refractivity contribution in [1.82, 2.24) is 4.98 Å². The first kappa shape index (κ1) is 14.2. The molecule has 0 bridgehead atoms. The molecule has 0 fully saturated rings. The first-order valence-corrected chi connectivity index (χ1v) is 7.37. The molecule has 0 saturated heterocycles. The van der Waals surface area contributed by atoms with Gasteiger partial charge in [-0.2, -0.15) is 0 Å². The van der Waals surface area contributed by atoms with Crippen molar-refractivity contribution >= 4 is 21.6 Å². The zero-order valence-corrected chi connectivity index (χ0v) is 12.4. The van der Waals surface area contributed by atoms with E-state index in [-0.39, 0.29) is 0 Å². The second-order valence-corrected chi connectivity index (χ2v) is 5.47. The normalized spacial score (nSPS) is 10.5. The molecule has 2 aromatic rings. The van der Waals surface area contributed by atoms with Crippen LogP contribution in [0.2, 0.25) is 0 Å².